The Balaban J connectivity index is 2.43. The molecule has 2 N–H and O–H groups in total. The highest BCUT2D eigenvalue weighted by molar-refractivity contribution is 7.71. The number of aromatic nitrogens is 4. The van der Waals surface area contributed by atoms with Gasteiger partial charge < -0.3 is 0 Å². The molecule has 2 rings (SSSR count). The molecule has 74 valence electrons. The monoisotopic (exact) mass is 212 g/mol. The van der Waals surface area contributed by atoms with Gasteiger partial charge in [0.1, 0.15) is 11.0 Å². The van der Waals surface area contributed by atoms with Crippen molar-refractivity contribution < 1.29 is 10.1 Å². The molecule has 6 nitrogen and oxygen atoms in total. The molecule has 2 aromatic heterocycles. The van der Waals surface area contributed by atoms with E-state index in [0.717, 1.165) is 5.69 Å². The number of aromatic amines is 1. The normalized spacial score (nSPS) is 10.9. The van der Waals surface area contributed by atoms with E-state index in [9.17, 15) is 0 Å². The van der Waals surface area contributed by atoms with Crippen molar-refractivity contribution in [1.82, 2.24) is 19.6 Å². The van der Waals surface area contributed by atoms with Gasteiger partial charge in [-0.2, -0.15) is 0 Å². The maximum atomic E-state index is 8.19. The van der Waals surface area contributed by atoms with E-state index >= 15 is 0 Å². The Labute approximate surface area is 84.1 Å². The van der Waals surface area contributed by atoms with Crippen molar-refractivity contribution in [1.29, 1.82) is 0 Å². The minimum atomic E-state index is 0.197. The summed E-state index contributed by atoms with van der Waals surface area (Å²) in [6.07, 6.45) is 2.02. The molecule has 0 unspecified atom stereocenters. The number of nitrogens with one attached hydrogen (secondary N) is 1. The van der Waals surface area contributed by atoms with Crippen molar-refractivity contribution in [2.45, 2.75) is 6.42 Å². The topological polar surface area (TPSA) is 75.4 Å². The van der Waals surface area contributed by atoms with E-state index in [0.29, 0.717) is 16.8 Å². The van der Waals surface area contributed by atoms with Crippen LogP contribution in [-0.2, 0) is 11.3 Å². The van der Waals surface area contributed by atoms with Gasteiger partial charge in [0.05, 0.1) is 6.61 Å². The van der Waals surface area contributed by atoms with Crippen molar-refractivity contribution >= 4 is 18.0 Å². The van der Waals surface area contributed by atoms with Crippen LogP contribution in [0.3, 0.4) is 0 Å². The first kappa shape index (κ1) is 9.25. The van der Waals surface area contributed by atoms with Gasteiger partial charge in [-0.05, 0) is 6.07 Å². The van der Waals surface area contributed by atoms with Crippen LogP contribution in [0.1, 0.15) is 5.69 Å². The van der Waals surface area contributed by atoms with Gasteiger partial charge in [0, 0.05) is 12.1 Å². The van der Waals surface area contributed by atoms with Crippen molar-refractivity contribution in [3.05, 3.63) is 22.7 Å². The zero-order valence-corrected chi connectivity index (χ0v) is 7.99. The van der Waals surface area contributed by atoms with Crippen LogP contribution in [0, 0.1) is 4.64 Å². The SMILES string of the molecule is OOCCc1cc(=S)n2[nH]cnc2n1. The van der Waals surface area contributed by atoms with Crippen LogP contribution >= 0.6 is 12.2 Å². The van der Waals surface area contributed by atoms with Crippen molar-refractivity contribution in [2.24, 2.45) is 0 Å². The van der Waals surface area contributed by atoms with Crippen LogP contribution in [0.4, 0.5) is 0 Å². The lowest BCUT2D eigenvalue weighted by molar-refractivity contribution is -0.241. The Kier molecular flexibility index (Phi) is 2.53. The van der Waals surface area contributed by atoms with E-state index < -0.39 is 0 Å². The lowest BCUT2D eigenvalue weighted by Crippen LogP contribution is -2.01. The molecule has 0 saturated carbocycles. The standard InChI is InChI=1S/C7H8N4O2S/c12-13-2-1-5-3-6(14)11-7(10-5)8-4-9-11/h3-4,12H,1-2H2,(H,8,9,10). The van der Waals surface area contributed by atoms with E-state index in [4.69, 9.17) is 17.5 Å². The summed E-state index contributed by atoms with van der Waals surface area (Å²) >= 11 is 5.09. The maximum Gasteiger partial charge on any atom is 0.251 e. The molecule has 0 atom stereocenters. The average molecular weight is 212 g/mol. The van der Waals surface area contributed by atoms with Crippen LogP contribution in [0.5, 0.6) is 0 Å². The highest BCUT2D eigenvalue weighted by atomic mass is 32.1. The fourth-order valence-electron chi connectivity index (χ4n) is 1.15. The quantitative estimate of drug-likeness (QED) is 0.447. The molecular weight excluding hydrogens is 204 g/mol. The number of rotatable bonds is 3. The van der Waals surface area contributed by atoms with E-state index in [1.165, 1.54) is 6.33 Å². The van der Waals surface area contributed by atoms with Gasteiger partial charge in [0.2, 0.25) is 0 Å². The zero-order valence-electron chi connectivity index (χ0n) is 7.17. The van der Waals surface area contributed by atoms with Gasteiger partial charge >= 0.3 is 0 Å². The smallest absolute Gasteiger partial charge is 0.251 e. The average Bonchev–Trinajstić information content (AvgIpc) is 2.63. The van der Waals surface area contributed by atoms with Gasteiger partial charge in [-0.1, -0.05) is 12.2 Å². The van der Waals surface area contributed by atoms with Crippen LogP contribution in [0.2, 0.25) is 0 Å². The Hall–Kier alpha value is -1.31. The first-order valence-electron chi connectivity index (χ1n) is 3.99. The lowest BCUT2D eigenvalue weighted by Gasteiger charge is -1.98. The fourth-order valence-corrected chi connectivity index (χ4v) is 1.42. The highest BCUT2D eigenvalue weighted by Gasteiger charge is 2.01. The van der Waals surface area contributed by atoms with Gasteiger partial charge in [-0.15, -0.1) is 0 Å². The number of hydrogen-bond donors (Lipinski definition) is 2. The molecule has 2 heterocycles. The summed E-state index contributed by atoms with van der Waals surface area (Å²) in [5, 5.41) is 11.0. The van der Waals surface area contributed by atoms with Gasteiger partial charge in [0.25, 0.3) is 5.78 Å². The molecule has 0 spiro atoms. The zero-order chi connectivity index (χ0) is 9.97. The molecule has 0 aliphatic rings. The maximum absolute atomic E-state index is 8.19. The largest absolute Gasteiger partial charge is 0.280 e. The summed E-state index contributed by atoms with van der Waals surface area (Å²) in [7, 11) is 0. The predicted molar refractivity (Wildman–Crippen MR) is 50.5 cm³/mol. The van der Waals surface area contributed by atoms with E-state index in [2.05, 4.69) is 20.0 Å². The number of nitrogens with zero attached hydrogens (tertiary/aromatic N) is 3. The molecule has 14 heavy (non-hydrogen) atoms. The minimum Gasteiger partial charge on any atom is -0.280 e. The predicted octanol–water partition coefficient (Wildman–Crippen LogP) is 0.819. The van der Waals surface area contributed by atoms with Crippen molar-refractivity contribution in [3.8, 4) is 0 Å². The van der Waals surface area contributed by atoms with E-state index in [1.54, 1.807) is 10.6 Å². The van der Waals surface area contributed by atoms with E-state index in [-0.39, 0.29) is 6.61 Å². The van der Waals surface area contributed by atoms with Gasteiger partial charge in [0.15, 0.2) is 0 Å². The van der Waals surface area contributed by atoms with Gasteiger partial charge in [-0.25, -0.2) is 19.4 Å². The second-order valence-electron chi connectivity index (χ2n) is 2.69. The number of hydrogen-bond acceptors (Lipinski definition) is 5. The minimum absolute atomic E-state index is 0.197. The molecular formula is C7H8N4O2S. The van der Waals surface area contributed by atoms with Crippen LogP contribution in [0.15, 0.2) is 12.4 Å². The van der Waals surface area contributed by atoms with Crippen LogP contribution < -0.4 is 0 Å². The third-order valence-electron chi connectivity index (χ3n) is 1.77. The third kappa shape index (κ3) is 1.65. The molecule has 2 aromatic rings. The Bertz CT molecular complexity index is 492. The van der Waals surface area contributed by atoms with Crippen LogP contribution in [-0.4, -0.2) is 31.4 Å². The van der Waals surface area contributed by atoms with Crippen LogP contribution in [0.25, 0.3) is 5.78 Å². The van der Waals surface area contributed by atoms with E-state index in [1.807, 2.05) is 0 Å². The molecule has 0 aliphatic carbocycles. The number of fused-ring (bicyclic) bond motifs is 1. The Morgan fingerprint density at radius 3 is 3.29 bits per heavy atom. The molecule has 0 aliphatic heterocycles. The van der Waals surface area contributed by atoms with Crippen molar-refractivity contribution in [3.63, 3.8) is 0 Å². The molecule has 0 aromatic carbocycles. The lowest BCUT2D eigenvalue weighted by atomic mass is 10.3. The Morgan fingerprint density at radius 1 is 1.64 bits per heavy atom. The van der Waals surface area contributed by atoms with Crippen molar-refractivity contribution in [2.75, 3.05) is 6.61 Å². The molecule has 0 bridgehead atoms. The molecule has 0 saturated heterocycles. The molecule has 0 radical (unpaired) electrons. The molecule has 0 fully saturated rings. The second kappa shape index (κ2) is 3.82. The summed E-state index contributed by atoms with van der Waals surface area (Å²) in [4.78, 5) is 12.1. The summed E-state index contributed by atoms with van der Waals surface area (Å²) in [6.45, 7) is 0.197. The molecule has 0 amide bonds. The summed E-state index contributed by atoms with van der Waals surface area (Å²) in [5.74, 6) is 0.519. The molecule has 7 heteroatoms. The Morgan fingerprint density at radius 2 is 2.50 bits per heavy atom. The first-order chi connectivity index (χ1) is 6.81. The van der Waals surface area contributed by atoms with Gasteiger partial charge in [-0.3, -0.25) is 10.4 Å². The first-order valence-corrected chi connectivity index (χ1v) is 4.40. The third-order valence-corrected chi connectivity index (χ3v) is 2.07. The summed E-state index contributed by atoms with van der Waals surface area (Å²) < 4.78 is 2.19. The highest BCUT2D eigenvalue weighted by Crippen LogP contribution is 2.01. The summed E-state index contributed by atoms with van der Waals surface area (Å²) in [5.41, 5.74) is 0.746. The number of H-pyrrole nitrogens is 1. The second-order valence-corrected chi connectivity index (χ2v) is 3.11. The fraction of sp³-hybridized carbons (Fsp3) is 0.286. The summed E-state index contributed by atoms with van der Waals surface area (Å²) in [6, 6.07) is 1.74.